The Hall–Kier alpha value is -2.11. The second-order valence-corrected chi connectivity index (χ2v) is 5.71. The van der Waals surface area contributed by atoms with Crippen molar-refractivity contribution in [3.05, 3.63) is 57.4 Å². The summed E-state index contributed by atoms with van der Waals surface area (Å²) >= 11 is 7.64. The lowest BCUT2D eigenvalue weighted by Crippen LogP contribution is -2.13. The van der Waals surface area contributed by atoms with Gasteiger partial charge in [-0.3, -0.25) is 9.89 Å². The molecule has 0 bridgehead atoms. The zero-order valence-corrected chi connectivity index (χ0v) is 12.8. The van der Waals surface area contributed by atoms with Crippen LogP contribution in [0.2, 0.25) is 5.02 Å². The van der Waals surface area contributed by atoms with Crippen molar-refractivity contribution < 1.29 is 4.79 Å². The van der Waals surface area contributed by atoms with Gasteiger partial charge in [0.2, 0.25) is 0 Å². The number of aryl methyl sites for hydroxylation is 1. The molecule has 4 nitrogen and oxygen atoms in total. The van der Waals surface area contributed by atoms with E-state index in [1.807, 2.05) is 23.8 Å². The van der Waals surface area contributed by atoms with Crippen molar-refractivity contribution in [1.29, 1.82) is 0 Å². The van der Waals surface area contributed by atoms with Crippen LogP contribution in [0.4, 0.5) is 5.69 Å². The minimum Gasteiger partial charge on any atom is -0.318 e. The first kappa shape index (κ1) is 13.9. The summed E-state index contributed by atoms with van der Waals surface area (Å²) < 4.78 is 0. The lowest BCUT2D eigenvalue weighted by atomic mass is 10.1. The molecule has 2 N–H and O–H groups in total. The van der Waals surface area contributed by atoms with E-state index in [2.05, 4.69) is 15.5 Å². The van der Waals surface area contributed by atoms with E-state index in [0.717, 1.165) is 17.0 Å². The van der Waals surface area contributed by atoms with Gasteiger partial charge in [0.05, 0.1) is 22.0 Å². The maximum atomic E-state index is 12.4. The van der Waals surface area contributed by atoms with E-state index in [4.69, 9.17) is 11.6 Å². The van der Waals surface area contributed by atoms with Gasteiger partial charge >= 0.3 is 0 Å². The Balaban J connectivity index is 1.94. The van der Waals surface area contributed by atoms with Crippen LogP contribution in [0.25, 0.3) is 11.3 Å². The Labute approximate surface area is 130 Å². The molecule has 0 atom stereocenters. The Kier molecular flexibility index (Phi) is 3.77. The highest BCUT2D eigenvalue weighted by Gasteiger charge is 2.17. The van der Waals surface area contributed by atoms with Crippen LogP contribution in [0, 0.1) is 6.92 Å². The van der Waals surface area contributed by atoms with E-state index >= 15 is 0 Å². The van der Waals surface area contributed by atoms with E-state index in [9.17, 15) is 4.79 Å². The molecule has 21 heavy (non-hydrogen) atoms. The predicted octanol–water partition coefficient (Wildman–Crippen LogP) is 4.35. The van der Waals surface area contributed by atoms with E-state index in [1.54, 1.807) is 35.6 Å². The molecular weight excluding hydrogens is 306 g/mol. The largest absolute Gasteiger partial charge is 0.318 e. The third-order valence-corrected chi connectivity index (χ3v) is 4.11. The maximum Gasteiger partial charge on any atom is 0.257 e. The van der Waals surface area contributed by atoms with Gasteiger partial charge in [0, 0.05) is 10.9 Å². The summed E-state index contributed by atoms with van der Waals surface area (Å²) in [6, 6.07) is 8.92. The average molecular weight is 318 g/mol. The summed E-state index contributed by atoms with van der Waals surface area (Å²) in [4.78, 5) is 12.4. The Bertz CT molecular complexity index is 780. The van der Waals surface area contributed by atoms with Gasteiger partial charge in [-0.1, -0.05) is 23.7 Å². The Morgan fingerprint density at radius 2 is 2.14 bits per heavy atom. The topological polar surface area (TPSA) is 57.8 Å². The van der Waals surface area contributed by atoms with E-state index in [1.165, 1.54) is 0 Å². The molecule has 0 saturated heterocycles. The average Bonchev–Trinajstić information content (AvgIpc) is 3.10. The summed E-state index contributed by atoms with van der Waals surface area (Å²) in [5, 5.41) is 14.4. The number of rotatable bonds is 3. The number of carbonyl (C=O) groups is 1. The maximum absolute atomic E-state index is 12.4. The Morgan fingerprint density at radius 1 is 1.33 bits per heavy atom. The van der Waals surface area contributed by atoms with Crippen molar-refractivity contribution >= 4 is 34.5 Å². The fourth-order valence-electron chi connectivity index (χ4n) is 2.02. The first-order valence-corrected chi connectivity index (χ1v) is 7.62. The molecule has 0 saturated carbocycles. The van der Waals surface area contributed by atoms with Crippen LogP contribution in [-0.4, -0.2) is 16.1 Å². The smallest absolute Gasteiger partial charge is 0.257 e. The molecule has 6 heteroatoms. The zero-order chi connectivity index (χ0) is 14.8. The fourth-order valence-corrected chi connectivity index (χ4v) is 2.88. The van der Waals surface area contributed by atoms with Gasteiger partial charge in [0.1, 0.15) is 5.69 Å². The van der Waals surface area contributed by atoms with Crippen LogP contribution in [0.5, 0.6) is 0 Å². The third kappa shape index (κ3) is 2.70. The first-order valence-electron chi connectivity index (χ1n) is 6.30. The highest BCUT2D eigenvalue weighted by atomic mass is 35.5. The first-order chi connectivity index (χ1) is 10.2. The molecule has 2 heterocycles. The molecule has 1 amide bonds. The van der Waals surface area contributed by atoms with Gasteiger partial charge < -0.3 is 5.32 Å². The summed E-state index contributed by atoms with van der Waals surface area (Å²) in [7, 11) is 0. The standard InChI is InChI=1S/C15H12ClN3OS/c1-9-13(14(19-18-9)10-6-7-21-8-10)17-15(20)11-4-2-3-5-12(11)16/h2-8H,1H3,(H,17,20)(H,18,19). The number of amides is 1. The van der Waals surface area contributed by atoms with Gasteiger partial charge in [-0.15, -0.1) is 0 Å². The highest BCUT2D eigenvalue weighted by Crippen LogP contribution is 2.30. The molecule has 0 aliphatic carbocycles. The monoisotopic (exact) mass is 317 g/mol. The minimum atomic E-state index is -0.249. The second-order valence-electron chi connectivity index (χ2n) is 4.52. The normalized spacial score (nSPS) is 10.6. The van der Waals surface area contributed by atoms with Crippen LogP contribution < -0.4 is 5.32 Å². The zero-order valence-electron chi connectivity index (χ0n) is 11.2. The van der Waals surface area contributed by atoms with E-state index in [0.29, 0.717) is 16.3 Å². The van der Waals surface area contributed by atoms with Crippen molar-refractivity contribution in [2.45, 2.75) is 6.92 Å². The van der Waals surface area contributed by atoms with Gasteiger partial charge in [-0.25, -0.2) is 0 Å². The quantitative estimate of drug-likeness (QED) is 0.754. The molecule has 3 aromatic rings. The Morgan fingerprint density at radius 3 is 2.86 bits per heavy atom. The molecule has 0 spiro atoms. The molecule has 0 aliphatic rings. The molecular formula is C15H12ClN3OS. The molecule has 0 fully saturated rings. The number of benzene rings is 1. The SMILES string of the molecule is Cc1[nH]nc(-c2ccsc2)c1NC(=O)c1ccccc1Cl. The van der Waals surface area contributed by atoms with Crippen molar-refractivity contribution in [2.75, 3.05) is 5.32 Å². The number of hydrogen-bond acceptors (Lipinski definition) is 3. The van der Waals surface area contributed by atoms with Gasteiger partial charge in [-0.05, 0) is 30.5 Å². The number of thiophene rings is 1. The lowest BCUT2D eigenvalue weighted by Gasteiger charge is -2.07. The second kappa shape index (κ2) is 5.71. The number of hydrogen-bond donors (Lipinski definition) is 2. The number of carbonyl (C=O) groups excluding carboxylic acids is 1. The van der Waals surface area contributed by atoms with Crippen LogP contribution >= 0.6 is 22.9 Å². The number of aromatic nitrogens is 2. The predicted molar refractivity (Wildman–Crippen MR) is 86.0 cm³/mol. The van der Waals surface area contributed by atoms with Gasteiger partial charge in [-0.2, -0.15) is 16.4 Å². The fraction of sp³-hybridized carbons (Fsp3) is 0.0667. The lowest BCUT2D eigenvalue weighted by molar-refractivity contribution is 0.102. The van der Waals surface area contributed by atoms with Crippen molar-refractivity contribution in [2.24, 2.45) is 0 Å². The highest BCUT2D eigenvalue weighted by molar-refractivity contribution is 7.08. The van der Waals surface area contributed by atoms with Crippen LogP contribution in [0.15, 0.2) is 41.1 Å². The molecule has 106 valence electrons. The molecule has 1 aromatic carbocycles. The minimum absolute atomic E-state index is 0.249. The van der Waals surface area contributed by atoms with Gasteiger partial charge in [0.25, 0.3) is 5.91 Å². The van der Waals surface area contributed by atoms with E-state index < -0.39 is 0 Å². The number of aromatic amines is 1. The summed E-state index contributed by atoms with van der Waals surface area (Å²) in [5.74, 6) is -0.249. The molecule has 3 rings (SSSR count). The number of nitrogens with zero attached hydrogens (tertiary/aromatic N) is 1. The molecule has 0 unspecified atom stereocenters. The van der Waals surface area contributed by atoms with E-state index in [-0.39, 0.29) is 5.91 Å². The summed E-state index contributed by atoms with van der Waals surface area (Å²) in [6.07, 6.45) is 0. The summed E-state index contributed by atoms with van der Waals surface area (Å²) in [6.45, 7) is 1.87. The third-order valence-electron chi connectivity index (χ3n) is 3.10. The van der Waals surface area contributed by atoms with Crippen LogP contribution in [0.1, 0.15) is 16.1 Å². The number of halogens is 1. The molecule has 0 aliphatic heterocycles. The van der Waals surface area contributed by atoms with Gasteiger partial charge in [0.15, 0.2) is 0 Å². The number of nitrogens with one attached hydrogen (secondary N) is 2. The van der Waals surface area contributed by atoms with Crippen molar-refractivity contribution in [3.63, 3.8) is 0 Å². The van der Waals surface area contributed by atoms with Crippen molar-refractivity contribution in [3.8, 4) is 11.3 Å². The summed E-state index contributed by atoms with van der Waals surface area (Å²) in [5.41, 5.74) is 3.62. The van der Waals surface area contributed by atoms with Crippen molar-refractivity contribution in [1.82, 2.24) is 10.2 Å². The molecule has 2 aromatic heterocycles. The number of anilines is 1. The van der Waals surface area contributed by atoms with Crippen LogP contribution in [-0.2, 0) is 0 Å². The molecule has 0 radical (unpaired) electrons. The van der Waals surface area contributed by atoms with Crippen LogP contribution in [0.3, 0.4) is 0 Å². The number of H-pyrrole nitrogens is 1.